The standard InChI is InChI=1S/C20H24N4O/c1-16-12-21-5-4-18(16)14-23-9-10-25-15-17(13-23)11-19-20-3-2-7-24(20)8-6-22-19/h2-8,12,17H,9-11,13-15H2,1H3/t17-/m1/s1. The number of hydrogen-bond acceptors (Lipinski definition) is 4. The molecule has 0 bridgehead atoms. The van der Waals surface area contributed by atoms with Crippen LogP contribution in [0.3, 0.4) is 0 Å². The Morgan fingerprint density at radius 1 is 1.24 bits per heavy atom. The van der Waals surface area contributed by atoms with Crippen molar-refractivity contribution in [3.8, 4) is 0 Å². The van der Waals surface area contributed by atoms with E-state index in [1.165, 1.54) is 16.6 Å². The maximum atomic E-state index is 5.88. The summed E-state index contributed by atoms with van der Waals surface area (Å²) in [4.78, 5) is 11.3. The van der Waals surface area contributed by atoms with E-state index in [2.05, 4.69) is 50.6 Å². The molecule has 4 rings (SSSR count). The van der Waals surface area contributed by atoms with Gasteiger partial charge in [-0.15, -0.1) is 0 Å². The van der Waals surface area contributed by atoms with E-state index >= 15 is 0 Å². The second kappa shape index (κ2) is 7.33. The summed E-state index contributed by atoms with van der Waals surface area (Å²) in [5, 5.41) is 0. The van der Waals surface area contributed by atoms with Crippen molar-refractivity contribution in [2.75, 3.05) is 26.3 Å². The van der Waals surface area contributed by atoms with Crippen LogP contribution < -0.4 is 0 Å². The van der Waals surface area contributed by atoms with Gasteiger partial charge in [0.25, 0.3) is 0 Å². The molecule has 1 atom stereocenters. The van der Waals surface area contributed by atoms with Gasteiger partial charge in [0, 0.05) is 56.5 Å². The minimum Gasteiger partial charge on any atom is -0.380 e. The number of aromatic nitrogens is 3. The van der Waals surface area contributed by atoms with Gasteiger partial charge >= 0.3 is 0 Å². The molecule has 5 heteroatoms. The van der Waals surface area contributed by atoms with Gasteiger partial charge in [0.15, 0.2) is 0 Å². The molecule has 0 aliphatic carbocycles. The Morgan fingerprint density at radius 2 is 2.20 bits per heavy atom. The summed E-state index contributed by atoms with van der Waals surface area (Å²) in [6, 6.07) is 6.33. The summed E-state index contributed by atoms with van der Waals surface area (Å²) in [6.07, 6.45) is 10.7. The van der Waals surface area contributed by atoms with Gasteiger partial charge in [-0.2, -0.15) is 0 Å². The molecule has 0 saturated carbocycles. The minimum atomic E-state index is 0.457. The summed E-state index contributed by atoms with van der Waals surface area (Å²) in [6.45, 7) is 6.69. The summed E-state index contributed by atoms with van der Waals surface area (Å²) in [5.41, 5.74) is 4.96. The second-order valence-corrected chi connectivity index (χ2v) is 6.86. The SMILES string of the molecule is Cc1cnccc1CN1CCOC[C@H](Cc2nccn3cccc23)C1. The average molecular weight is 336 g/mol. The lowest BCUT2D eigenvalue weighted by molar-refractivity contribution is 0.121. The molecule has 3 aromatic rings. The summed E-state index contributed by atoms with van der Waals surface area (Å²) in [7, 11) is 0. The number of pyridine rings is 1. The van der Waals surface area contributed by atoms with Gasteiger partial charge < -0.3 is 9.14 Å². The van der Waals surface area contributed by atoms with Crippen LogP contribution in [0.1, 0.15) is 16.8 Å². The second-order valence-electron chi connectivity index (χ2n) is 6.86. The van der Waals surface area contributed by atoms with E-state index in [1.54, 1.807) is 0 Å². The fraction of sp³-hybridized carbons (Fsp3) is 0.400. The van der Waals surface area contributed by atoms with Crippen molar-refractivity contribution in [3.05, 3.63) is 66.0 Å². The summed E-state index contributed by atoms with van der Waals surface area (Å²) < 4.78 is 8.02. The fourth-order valence-electron chi connectivity index (χ4n) is 3.60. The van der Waals surface area contributed by atoms with Gasteiger partial charge in [0.05, 0.1) is 24.4 Å². The Hall–Kier alpha value is -2.24. The van der Waals surface area contributed by atoms with Crippen molar-refractivity contribution in [2.45, 2.75) is 19.9 Å². The van der Waals surface area contributed by atoms with E-state index in [1.807, 2.05) is 24.8 Å². The smallest absolute Gasteiger partial charge is 0.0666 e. The van der Waals surface area contributed by atoms with Crippen LogP contribution in [0.5, 0.6) is 0 Å². The van der Waals surface area contributed by atoms with Crippen LogP contribution in [0.15, 0.2) is 49.2 Å². The third-order valence-corrected chi connectivity index (χ3v) is 4.97. The largest absolute Gasteiger partial charge is 0.380 e. The van der Waals surface area contributed by atoms with E-state index in [0.717, 1.165) is 45.0 Å². The number of aryl methyl sites for hydroxylation is 1. The van der Waals surface area contributed by atoms with E-state index in [-0.39, 0.29) is 0 Å². The van der Waals surface area contributed by atoms with Crippen LogP contribution in [0.4, 0.5) is 0 Å². The van der Waals surface area contributed by atoms with Gasteiger partial charge in [-0.3, -0.25) is 14.9 Å². The molecule has 0 radical (unpaired) electrons. The molecule has 0 aromatic carbocycles. The first-order valence-electron chi connectivity index (χ1n) is 8.90. The zero-order valence-electron chi connectivity index (χ0n) is 14.6. The molecule has 1 fully saturated rings. The molecule has 5 nitrogen and oxygen atoms in total. The Balaban J connectivity index is 1.48. The maximum absolute atomic E-state index is 5.88. The Labute approximate surface area is 148 Å². The van der Waals surface area contributed by atoms with Crippen molar-refractivity contribution in [2.24, 2.45) is 5.92 Å². The molecule has 4 heterocycles. The molecular weight excluding hydrogens is 312 g/mol. The lowest BCUT2D eigenvalue weighted by Crippen LogP contribution is -2.31. The predicted molar refractivity (Wildman–Crippen MR) is 97.5 cm³/mol. The zero-order valence-corrected chi connectivity index (χ0v) is 14.6. The lowest BCUT2D eigenvalue weighted by atomic mass is 10.0. The van der Waals surface area contributed by atoms with Gasteiger partial charge in [-0.25, -0.2) is 0 Å². The molecule has 3 aromatic heterocycles. The van der Waals surface area contributed by atoms with Gasteiger partial charge in [0.1, 0.15) is 0 Å². The predicted octanol–water partition coefficient (Wildman–Crippen LogP) is 2.73. The molecule has 1 aliphatic rings. The average Bonchev–Trinajstić information content (AvgIpc) is 3.00. The lowest BCUT2D eigenvalue weighted by Gasteiger charge is -2.24. The molecular formula is C20H24N4O. The number of fused-ring (bicyclic) bond motifs is 1. The Morgan fingerprint density at radius 3 is 3.12 bits per heavy atom. The molecule has 0 spiro atoms. The third-order valence-electron chi connectivity index (χ3n) is 4.97. The highest BCUT2D eigenvalue weighted by molar-refractivity contribution is 5.52. The Kier molecular flexibility index (Phi) is 4.76. The molecule has 1 saturated heterocycles. The zero-order chi connectivity index (χ0) is 17.1. The molecule has 0 amide bonds. The highest BCUT2D eigenvalue weighted by Gasteiger charge is 2.21. The maximum Gasteiger partial charge on any atom is 0.0666 e. The van der Waals surface area contributed by atoms with Crippen LogP contribution in [0.25, 0.3) is 5.52 Å². The molecule has 1 aliphatic heterocycles. The molecule has 0 N–H and O–H groups in total. The van der Waals surface area contributed by atoms with Gasteiger partial charge in [-0.1, -0.05) is 0 Å². The molecule has 0 unspecified atom stereocenters. The number of hydrogen-bond donors (Lipinski definition) is 0. The first-order valence-corrected chi connectivity index (χ1v) is 8.90. The third kappa shape index (κ3) is 3.72. The van der Waals surface area contributed by atoms with Crippen LogP contribution in [-0.4, -0.2) is 45.6 Å². The number of ether oxygens (including phenoxy) is 1. The normalized spacial score (nSPS) is 19.2. The van der Waals surface area contributed by atoms with Crippen LogP contribution in [0, 0.1) is 12.8 Å². The number of nitrogens with zero attached hydrogens (tertiary/aromatic N) is 4. The monoisotopic (exact) mass is 336 g/mol. The van der Waals surface area contributed by atoms with Crippen LogP contribution >= 0.6 is 0 Å². The quantitative estimate of drug-likeness (QED) is 0.735. The number of rotatable bonds is 4. The molecule has 25 heavy (non-hydrogen) atoms. The fourth-order valence-corrected chi connectivity index (χ4v) is 3.60. The minimum absolute atomic E-state index is 0.457. The van der Waals surface area contributed by atoms with Gasteiger partial charge in [0.2, 0.25) is 0 Å². The van der Waals surface area contributed by atoms with Crippen LogP contribution in [-0.2, 0) is 17.7 Å². The first-order chi connectivity index (χ1) is 12.3. The van der Waals surface area contributed by atoms with E-state index in [4.69, 9.17) is 4.74 Å². The Bertz CT molecular complexity index is 844. The topological polar surface area (TPSA) is 42.7 Å². The summed E-state index contributed by atoms with van der Waals surface area (Å²) in [5.74, 6) is 0.457. The van der Waals surface area contributed by atoms with Crippen molar-refractivity contribution in [3.63, 3.8) is 0 Å². The first kappa shape index (κ1) is 16.2. The highest BCUT2D eigenvalue weighted by Crippen LogP contribution is 2.19. The summed E-state index contributed by atoms with van der Waals surface area (Å²) >= 11 is 0. The van der Waals surface area contributed by atoms with Crippen molar-refractivity contribution in [1.29, 1.82) is 0 Å². The van der Waals surface area contributed by atoms with Gasteiger partial charge in [-0.05, 0) is 42.7 Å². The van der Waals surface area contributed by atoms with Crippen molar-refractivity contribution < 1.29 is 4.74 Å². The van der Waals surface area contributed by atoms with Crippen molar-refractivity contribution >= 4 is 5.52 Å². The van der Waals surface area contributed by atoms with Crippen molar-refractivity contribution in [1.82, 2.24) is 19.3 Å². The highest BCUT2D eigenvalue weighted by atomic mass is 16.5. The van der Waals surface area contributed by atoms with E-state index in [0.29, 0.717) is 5.92 Å². The van der Waals surface area contributed by atoms with E-state index in [9.17, 15) is 0 Å². The van der Waals surface area contributed by atoms with E-state index < -0.39 is 0 Å². The molecule has 130 valence electrons. The van der Waals surface area contributed by atoms with Crippen LogP contribution in [0.2, 0.25) is 0 Å².